The van der Waals surface area contributed by atoms with Crippen LogP contribution < -0.4 is 10.5 Å². The third kappa shape index (κ3) is 2.64. The molecule has 1 saturated heterocycles. The summed E-state index contributed by atoms with van der Waals surface area (Å²) in [6.45, 7) is 3.36. The molecule has 4 nitrogen and oxygen atoms in total. The van der Waals surface area contributed by atoms with Crippen LogP contribution in [0.5, 0.6) is 0 Å². The van der Waals surface area contributed by atoms with Crippen molar-refractivity contribution in [1.82, 2.24) is 9.97 Å². The number of H-pyrrole nitrogens is 1. The van der Waals surface area contributed by atoms with Crippen molar-refractivity contribution in [3.05, 3.63) is 57.0 Å². The molecule has 2 aliphatic rings. The molecule has 1 aliphatic heterocycles. The van der Waals surface area contributed by atoms with Gasteiger partial charge in [0.2, 0.25) is 5.95 Å². The first-order valence-corrected chi connectivity index (χ1v) is 8.84. The van der Waals surface area contributed by atoms with Gasteiger partial charge in [-0.05, 0) is 51.2 Å². The Morgan fingerprint density at radius 2 is 1.76 bits per heavy atom. The molecule has 4 rings (SSSR count). The van der Waals surface area contributed by atoms with Gasteiger partial charge in [0.15, 0.2) is 0 Å². The third-order valence-electron chi connectivity index (χ3n) is 5.44. The van der Waals surface area contributed by atoms with Crippen molar-refractivity contribution in [1.29, 1.82) is 0 Å². The molecule has 0 atom stereocenters. The number of anilines is 1. The zero-order valence-corrected chi connectivity index (χ0v) is 14.2. The van der Waals surface area contributed by atoms with Crippen LogP contribution in [0.2, 0.25) is 0 Å². The first-order chi connectivity index (χ1) is 12.0. The molecule has 2 aromatic rings. The molecule has 0 unspecified atom stereocenters. The first kappa shape index (κ1) is 16.2. The number of aromatic nitrogens is 2. The standard InChI is InChI=1S/C19H21F2N3O/c1-12-16(19(8-9-19)15-13(20)6-5-7-14(15)21)22-18(23-17(12)25)24-10-3-2-4-11-24/h5-7H,2-4,8-11H2,1H3,(H,22,23,25). The van der Waals surface area contributed by atoms with Crippen LogP contribution >= 0.6 is 0 Å². The Morgan fingerprint density at radius 3 is 2.36 bits per heavy atom. The number of halogens is 2. The Labute approximate surface area is 144 Å². The van der Waals surface area contributed by atoms with Crippen molar-refractivity contribution in [2.45, 2.75) is 44.4 Å². The largest absolute Gasteiger partial charge is 0.342 e. The SMILES string of the molecule is Cc1c(C2(c3c(F)cccc3F)CC2)nc(N2CCCCC2)[nH]c1=O. The molecule has 0 spiro atoms. The number of nitrogens with one attached hydrogen (secondary N) is 1. The second kappa shape index (κ2) is 5.93. The minimum atomic E-state index is -0.821. The Bertz CT molecular complexity index is 847. The summed E-state index contributed by atoms with van der Waals surface area (Å²) in [5.41, 5.74) is -0.0469. The fraction of sp³-hybridized carbons (Fsp3) is 0.474. The Morgan fingerprint density at radius 1 is 1.12 bits per heavy atom. The predicted molar refractivity (Wildman–Crippen MR) is 92.0 cm³/mol. The second-order valence-corrected chi connectivity index (χ2v) is 7.09. The van der Waals surface area contributed by atoms with Crippen molar-refractivity contribution >= 4 is 5.95 Å². The maximum absolute atomic E-state index is 14.4. The van der Waals surface area contributed by atoms with Crippen molar-refractivity contribution in [3.63, 3.8) is 0 Å². The molecule has 1 N–H and O–H groups in total. The van der Waals surface area contributed by atoms with Crippen LogP contribution in [0.3, 0.4) is 0 Å². The summed E-state index contributed by atoms with van der Waals surface area (Å²) < 4.78 is 28.8. The van der Waals surface area contributed by atoms with Crippen LogP contribution in [0.4, 0.5) is 14.7 Å². The monoisotopic (exact) mass is 345 g/mol. The van der Waals surface area contributed by atoms with Gasteiger partial charge in [-0.2, -0.15) is 0 Å². The lowest BCUT2D eigenvalue weighted by atomic mass is 9.89. The van der Waals surface area contributed by atoms with Crippen LogP contribution in [0.1, 0.15) is 48.9 Å². The van der Waals surface area contributed by atoms with Crippen LogP contribution in [0, 0.1) is 18.6 Å². The Balaban J connectivity index is 1.85. The lowest BCUT2D eigenvalue weighted by molar-refractivity contribution is 0.530. The van der Waals surface area contributed by atoms with Crippen LogP contribution in [0.15, 0.2) is 23.0 Å². The lowest BCUT2D eigenvalue weighted by Crippen LogP contribution is -2.34. The summed E-state index contributed by atoms with van der Waals surface area (Å²) in [7, 11) is 0. The van der Waals surface area contributed by atoms with Crippen LogP contribution in [0.25, 0.3) is 0 Å². The quantitative estimate of drug-likeness (QED) is 0.927. The molecule has 0 bridgehead atoms. The van der Waals surface area contributed by atoms with Crippen LogP contribution in [-0.4, -0.2) is 23.1 Å². The number of hydrogen-bond donors (Lipinski definition) is 1. The van der Waals surface area contributed by atoms with Gasteiger partial charge >= 0.3 is 0 Å². The lowest BCUT2D eigenvalue weighted by Gasteiger charge is -2.28. The summed E-state index contributed by atoms with van der Waals surface area (Å²) in [6.07, 6.45) is 4.48. The van der Waals surface area contributed by atoms with Gasteiger partial charge in [0.25, 0.3) is 5.56 Å². The second-order valence-electron chi connectivity index (χ2n) is 7.09. The average Bonchev–Trinajstić information content (AvgIpc) is 3.39. The van der Waals surface area contributed by atoms with E-state index >= 15 is 0 Å². The predicted octanol–water partition coefficient (Wildman–Crippen LogP) is 3.43. The maximum atomic E-state index is 14.4. The normalized spacial score (nSPS) is 19.1. The summed E-state index contributed by atoms with van der Waals surface area (Å²) in [6, 6.07) is 3.90. The molecule has 25 heavy (non-hydrogen) atoms. The Kier molecular flexibility index (Phi) is 3.85. The van der Waals surface area contributed by atoms with Gasteiger partial charge in [-0.25, -0.2) is 13.8 Å². The molecule has 6 heteroatoms. The third-order valence-corrected chi connectivity index (χ3v) is 5.44. The van der Waals surface area contributed by atoms with E-state index in [1.54, 1.807) is 6.92 Å². The number of nitrogens with zero attached hydrogens (tertiary/aromatic N) is 2. The summed E-state index contributed by atoms with van der Waals surface area (Å²) >= 11 is 0. The highest BCUT2D eigenvalue weighted by Gasteiger charge is 2.52. The van der Waals surface area contributed by atoms with E-state index in [1.165, 1.54) is 24.6 Å². The minimum Gasteiger partial charge on any atom is -0.342 e. The van der Waals surface area contributed by atoms with Crippen molar-refractivity contribution < 1.29 is 8.78 Å². The van der Waals surface area contributed by atoms with Gasteiger partial charge in [-0.3, -0.25) is 9.78 Å². The van der Waals surface area contributed by atoms with E-state index in [1.807, 2.05) is 0 Å². The summed E-state index contributed by atoms with van der Waals surface area (Å²) in [5.74, 6) is -0.620. The van der Waals surface area contributed by atoms with Gasteiger partial charge in [-0.15, -0.1) is 0 Å². The molecule has 1 aliphatic carbocycles. The van der Waals surface area contributed by atoms with Crippen molar-refractivity contribution in [3.8, 4) is 0 Å². The summed E-state index contributed by atoms with van der Waals surface area (Å²) in [5, 5.41) is 0. The summed E-state index contributed by atoms with van der Waals surface area (Å²) in [4.78, 5) is 22.1. The number of piperidine rings is 1. The Hall–Kier alpha value is -2.24. The molecule has 1 aromatic carbocycles. The molecule has 1 aromatic heterocycles. The van der Waals surface area contributed by atoms with E-state index in [4.69, 9.17) is 0 Å². The van der Waals surface area contributed by atoms with Gasteiger partial charge in [0.05, 0.1) is 5.69 Å². The van der Waals surface area contributed by atoms with Crippen LogP contribution in [-0.2, 0) is 5.41 Å². The maximum Gasteiger partial charge on any atom is 0.255 e. The van der Waals surface area contributed by atoms with Gasteiger partial charge in [-0.1, -0.05) is 6.07 Å². The van der Waals surface area contributed by atoms with E-state index in [9.17, 15) is 13.6 Å². The molecule has 2 heterocycles. The highest BCUT2D eigenvalue weighted by atomic mass is 19.1. The van der Waals surface area contributed by atoms with Gasteiger partial charge < -0.3 is 4.90 Å². The number of aromatic amines is 1. The zero-order chi connectivity index (χ0) is 17.6. The molecule has 0 amide bonds. The minimum absolute atomic E-state index is 0.0424. The van der Waals surface area contributed by atoms with E-state index in [0.717, 1.165) is 25.9 Å². The smallest absolute Gasteiger partial charge is 0.255 e. The van der Waals surface area contributed by atoms with E-state index in [-0.39, 0.29) is 11.1 Å². The fourth-order valence-corrected chi connectivity index (χ4v) is 3.93. The molecular formula is C19H21F2N3O. The van der Waals surface area contributed by atoms with E-state index < -0.39 is 17.0 Å². The molecule has 1 saturated carbocycles. The molecule has 2 fully saturated rings. The van der Waals surface area contributed by atoms with Crippen molar-refractivity contribution in [2.24, 2.45) is 0 Å². The highest BCUT2D eigenvalue weighted by Crippen LogP contribution is 2.54. The molecular weight excluding hydrogens is 324 g/mol. The average molecular weight is 345 g/mol. The molecule has 0 radical (unpaired) electrons. The topological polar surface area (TPSA) is 49.0 Å². The number of rotatable bonds is 3. The zero-order valence-electron chi connectivity index (χ0n) is 14.2. The number of hydrogen-bond acceptors (Lipinski definition) is 3. The number of benzene rings is 1. The van der Waals surface area contributed by atoms with E-state index in [2.05, 4.69) is 14.9 Å². The van der Waals surface area contributed by atoms with Gasteiger partial charge in [0.1, 0.15) is 11.6 Å². The van der Waals surface area contributed by atoms with E-state index in [0.29, 0.717) is 30.0 Å². The fourth-order valence-electron chi connectivity index (χ4n) is 3.93. The highest BCUT2D eigenvalue weighted by molar-refractivity contribution is 5.48. The van der Waals surface area contributed by atoms with Gasteiger partial charge in [0, 0.05) is 29.6 Å². The van der Waals surface area contributed by atoms with Crippen molar-refractivity contribution in [2.75, 3.05) is 18.0 Å². The molecule has 132 valence electrons. The first-order valence-electron chi connectivity index (χ1n) is 8.84.